The Morgan fingerprint density at radius 2 is 2.08 bits per heavy atom. The second-order valence-corrected chi connectivity index (χ2v) is 2.22. The highest BCUT2D eigenvalue weighted by Gasteiger charge is 1.99. The van der Waals surface area contributed by atoms with Crippen LogP contribution in [0.25, 0.3) is 11.0 Å². The zero-order valence-corrected chi connectivity index (χ0v) is 7.93. The lowest BCUT2D eigenvalue weighted by Crippen LogP contribution is -1.97. The molecule has 0 amide bonds. The molecule has 1 N–H and O–H groups in total. The van der Waals surface area contributed by atoms with Gasteiger partial charge in [-0.25, -0.2) is 4.68 Å². The molecule has 0 aliphatic heterocycles. The maximum absolute atomic E-state index is 8.78. The van der Waals surface area contributed by atoms with Gasteiger partial charge in [0.1, 0.15) is 12.2 Å². The molecule has 4 nitrogen and oxygen atoms in total. The number of aliphatic hydroxyl groups is 1. The Morgan fingerprint density at radius 3 is 2.83 bits per heavy atom. The van der Waals surface area contributed by atoms with E-state index in [4.69, 9.17) is 5.11 Å². The smallest absolute Gasteiger partial charge is 0.138 e. The summed E-state index contributed by atoms with van der Waals surface area (Å²) in [4.78, 5) is 0. The van der Waals surface area contributed by atoms with Gasteiger partial charge in [-0.15, -0.1) is 5.10 Å². The molecule has 0 spiro atoms. The van der Waals surface area contributed by atoms with Crippen molar-refractivity contribution in [2.75, 3.05) is 0 Å². The van der Waals surface area contributed by atoms with E-state index in [1.807, 2.05) is 24.3 Å². The molecule has 1 heterocycles. The number of benzene rings is 1. The number of aromatic nitrogens is 3. The number of aliphatic hydroxyl groups excluding tert-OH is 1. The fourth-order valence-electron chi connectivity index (χ4n) is 1.02. The fraction of sp³-hybridized carbons (Fsp3) is 0.143. The summed E-state index contributed by atoms with van der Waals surface area (Å²) in [6.07, 6.45) is 0. The number of fused-ring (bicyclic) bond motifs is 1. The average Bonchev–Trinajstić information content (AvgIpc) is 2.47. The lowest BCUT2D eigenvalue weighted by atomic mass is 10.3. The van der Waals surface area contributed by atoms with Gasteiger partial charge in [0.15, 0.2) is 0 Å². The molecule has 0 saturated carbocycles. The number of nitrogens with zero attached hydrogens (tertiary/aromatic N) is 3. The van der Waals surface area contributed by atoms with Crippen molar-refractivity contribution in [1.82, 2.24) is 15.0 Å². The van der Waals surface area contributed by atoms with Crippen LogP contribution in [-0.4, -0.2) is 20.1 Å². The molecule has 12 heavy (non-hydrogen) atoms. The minimum Gasteiger partial charge on any atom is -0.374 e. The Hall–Kier alpha value is -0.990. The second kappa shape index (κ2) is 3.61. The van der Waals surface area contributed by atoms with Crippen LogP contribution in [0.15, 0.2) is 24.3 Å². The minimum absolute atomic E-state index is 0. The van der Waals surface area contributed by atoms with Crippen molar-refractivity contribution in [3.8, 4) is 0 Å². The van der Waals surface area contributed by atoms with Gasteiger partial charge in [0.25, 0.3) is 0 Å². The molecule has 5 heteroatoms. The zero-order valence-electron chi connectivity index (χ0n) is 6.51. The summed E-state index contributed by atoms with van der Waals surface area (Å²) in [5.41, 5.74) is 1.66. The van der Waals surface area contributed by atoms with Gasteiger partial charge < -0.3 is 5.11 Å². The van der Waals surface area contributed by atoms with E-state index < -0.39 is 0 Å². The molecule has 64 valence electrons. The molecule has 1 atom stereocenters. The van der Waals surface area contributed by atoms with Crippen LogP contribution in [0.4, 0.5) is 0 Å². The molecule has 0 radical (unpaired) electrons. The third-order valence-electron chi connectivity index (χ3n) is 1.55. The largest absolute Gasteiger partial charge is 0.374 e. The Labute approximate surface area is 72.8 Å². The predicted molar refractivity (Wildman–Crippen MR) is 50.9 cm³/mol. The molecule has 1 aromatic carbocycles. The molecule has 0 saturated heterocycles. The van der Waals surface area contributed by atoms with Gasteiger partial charge in [0.05, 0.1) is 5.52 Å². The van der Waals surface area contributed by atoms with Crippen molar-refractivity contribution < 1.29 is 5.11 Å². The highest BCUT2D eigenvalue weighted by molar-refractivity contribution is 6.92. The van der Waals surface area contributed by atoms with Crippen LogP contribution >= 0.6 is 9.90 Å². The van der Waals surface area contributed by atoms with Crippen molar-refractivity contribution in [3.63, 3.8) is 0 Å². The summed E-state index contributed by atoms with van der Waals surface area (Å²) in [5.74, 6) is 0. The Balaban J connectivity index is 0.000000720. The van der Waals surface area contributed by atoms with Crippen LogP contribution in [-0.2, 0) is 6.73 Å². The van der Waals surface area contributed by atoms with Crippen LogP contribution in [0.2, 0.25) is 0 Å². The summed E-state index contributed by atoms with van der Waals surface area (Å²) >= 11 is 0. The molecule has 0 bridgehead atoms. The van der Waals surface area contributed by atoms with Crippen LogP contribution in [0, 0.1) is 0 Å². The summed E-state index contributed by atoms with van der Waals surface area (Å²) in [5, 5.41) is 16.4. The van der Waals surface area contributed by atoms with Crippen LogP contribution in [0.1, 0.15) is 0 Å². The number of hydrogen-bond acceptors (Lipinski definition) is 3. The summed E-state index contributed by atoms with van der Waals surface area (Å²) in [6.45, 7) is -0.124. The van der Waals surface area contributed by atoms with E-state index >= 15 is 0 Å². The van der Waals surface area contributed by atoms with E-state index in [1.165, 1.54) is 4.68 Å². The van der Waals surface area contributed by atoms with Gasteiger partial charge in [0, 0.05) is 0 Å². The molecular formula is C7H10N3OP. The van der Waals surface area contributed by atoms with Crippen molar-refractivity contribution in [2.24, 2.45) is 0 Å². The SMILES string of the molecule is OCn1nnc2ccccc21.P. The number of hydrogen-bond donors (Lipinski definition) is 1. The topological polar surface area (TPSA) is 50.9 Å². The van der Waals surface area contributed by atoms with Gasteiger partial charge >= 0.3 is 0 Å². The monoisotopic (exact) mass is 183 g/mol. The lowest BCUT2D eigenvalue weighted by molar-refractivity contribution is 0.197. The van der Waals surface area contributed by atoms with E-state index in [1.54, 1.807) is 0 Å². The molecule has 0 aliphatic rings. The highest BCUT2D eigenvalue weighted by atomic mass is 31.0. The molecule has 2 rings (SSSR count). The highest BCUT2D eigenvalue weighted by Crippen LogP contribution is 2.08. The van der Waals surface area contributed by atoms with Gasteiger partial charge in [-0.3, -0.25) is 0 Å². The first kappa shape index (κ1) is 9.10. The lowest BCUT2D eigenvalue weighted by Gasteiger charge is -1.92. The van der Waals surface area contributed by atoms with Crippen molar-refractivity contribution >= 4 is 20.9 Å². The first-order valence-corrected chi connectivity index (χ1v) is 3.31. The van der Waals surface area contributed by atoms with E-state index in [0.717, 1.165) is 11.0 Å². The Morgan fingerprint density at radius 1 is 1.33 bits per heavy atom. The maximum atomic E-state index is 8.78. The molecule has 1 unspecified atom stereocenters. The Kier molecular flexibility index (Phi) is 2.74. The quantitative estimate of drug-likeness (QED) is 0.652. The van der Waals surface area contributed by atoms with Crippen LogP contribution < -0.4 is 0 Å². The number of para-hydroxylation sites is 1. The minimum atomic E-state index is -0.124. The van der Waals surface area contributed by atoms with Crippen LogP contribution in [0.3, 0.4) is 0 Å². The van der Waals surface area contributed by atoms with Gasteiger partial charge in [-0.2, -0.15) is 9.90 Å². The van der Waals surface area contributed by atoms with E-state index in [0.29, 0.717) is 0 Å². The predicted octanol–water partition coefficient (Wildman–Crippen LogP) is 0.439. The summed E-state index contributed by atoms with van der Waals surface area (Å²) in [6, 6.07) is 7.50. The van der Waals surface area contributed by atoms with E-state index in [-0.39, 0.29) is 16.6 Å². The standard InChI is InChI=1S/C7H7N3O.H3P/c11-5-10-7-4-2-1-3-6(7)8-9-10;/h1-4,11H,5H2;1H3. The summed E-state index contributed by atoms with van der Waals surface area (Å²) in [7, 11) is 0. The molecule has 0 fully saturated rings. The van der Waals surface area contributed by atoms with Gasteiger partial charge in [-0.1, -0.05) is 17.3 Å². The fourth-order valence-corrected chi connectivity index (χ4v) is 1.02. The maximum Gasteiger partial charge on any atom is 0.138 e. The van der Waals surface area contributed by atoms with Gasteiger partial charge in [-0.05, 0) is 12.1 Å². The molecular weight excluding hydrogens is 173 g/mol. The second-order valence-electron chi connectivity index (χ2n) is 2.22. The molecule has 0 aliphatic carbocycles. The third-order valence-corrected chi connectivity index (χ3v) is 1.55. The zero-order chi connectivity index (χ0) is 7.68. The number of rotatable bonds is 1. The average molecular weight is 183 g/mol. The Bertz CT molecular complexity index is 373. The van der Waals surface area contributed by atoms with Crippen molar-refractivity contribution in [2.45, 2.75) is 6.73 Å². The molecule has 2 aromatic rings. The van der Waals surface area contributed by atoms with E-state index in [2.05, 4.69) is 10.3 Å². The van der Waals surface area contributed by atoms with Crippen LogP contribution in [0.5, 0.6) is 0 Å². The van der Waals surface area contributed by atoms with Gasteiger partial charge in [0.2, 0.25) is 0 Å². The van der Waals surface area contributed by atoms with Crippen molar-refractivity contribution in [1.29, 1.82) is 0 Å². The first-order chi connectivity index (χ1) is 5.42. The normalized spacial score (nSPS) is 9.75. The van der Waals surface area contributed by atoms with E-state index in [9.17, 15) is 0 Å². The molecule has 1 aromatic heterocycles. The summed E-state index contributed by atoms with van der Waals surface area (Å²) < 4.78 is 1.44. The third kappa shape index (κ3) is 1.31. The van der Waals surface area contributed by atoms with Crippen molar-refractivity contribution in [3.05, 3.63) is 24.3 Å². The first-order valence-electron chi connectivity index (χ1n) is 3.31.